The van der Waals surface area contributed by atoms with Crippen molar-refractivity contribution in [3.8, 4) is 89.5 Å². The van der Waals surface area contributed by atoms with E-state index in [4.69, 9.17) is 44.9 Å². The first-order valence-corrected chi connectivity index (χ1v) is 42.6. The Hall–Kier alpha value is -16.2. The van der Waals surface area contributed by atoms with E-state index in [-0.39, 0.29) is 0 Å². The highest BCUT2D eigenvalue weighted by molar-refractivity contribution is 6.15. The monoisotopic (exact) mass is 1580 g/mol. The van der Waals surface area contributed by atoms with E-state index in [0.717, 1.165) is 184 Å². The molecule has 0 N–H and O–H groups in total. The lowest BCUT2D eigenvalue weighted by atomic mass is 9.97. The van der Waals surface area contributed by atoms with Crippen molar-refractivity contribution in [2.24, 2.45) is 0 Å². The molecular weight excluding hydrogens is 1520 g/mol. The molecule has 124 heavy (non-hydrogen) atoms. The minimum Gasteiger partial charge on any atom is -0.279 e. The molecule has 0 saturated carbocycles. The lowest BCUT2D eigenvalue weighted by Gasteiger charge is -2.09. The number of hydrogen-bond acceptors (Lipinski definition) is 12. The summed E-state index contributed by atoms with van der Waals surface area (Å²) in [7, 11) is 0. The van der Waals surface area contributed by atoms with E-state index in [2.05, 4.69) is 227 Å². The van der Waals surface area contributed by atoms with Crippen molar-refractivity contribution in [3.05, 3.63) is 382 Å². The molecule has 0 saturated heterocycles. The number of imidazole rings is 4. The molecule has 0 fully saturated rings. The standard InChI is InChI=1S/4C27H16N4/c1-2-6-17-15(5-1)13-21-18(17)10-9-16-14-22-25(23(16)21)30-27-20-8-3-11-28-24(20)19-7-4-12-29-26(19)31(22)27;1-2-6-17-15(5-1)13-21-18(17)10-9-16-14-22-25(23(16)21)30-27-24-19(7-3-11-28-24)20-8-4-12-29-26(20)31(22)27;1-2-5-17-15(4-1)12-21-18(17)8-7-16-13-23-25(24(16)21)30-27-22-14-28-11-9-19(22)20-6-3-10-29-26(20)31(23)27;1-2-5-17-15(4-1)12-21-18(17)8-7-16-13-23-25(24(16)21)30-27-20-9-11-28-14-22(20)19-6-3-10-29-26(19)31(23)27/h2*1-12H,13-14H2;2*1-11,14H,12-13H2. The van der Waals surface area contributed by atoms with Gasteiger partial charge in [0.05, 0.1) is 51.1 Å². The van der Waals surface area contributed by atoms with Crippen LogP contribution in [0.2, 0.25) is 0 Å². The quantitative estimate of drug-likeness (QED) is 0.132. The van der Waals surface area contributed by atoms with Crippen LogP contribution in [0, 0.1) is 0 Å². The second-order valence-corrected chi connectivity index (χ2v) is 34.0. The van der Waals surface area contributed by atoms with Gasteiger partial charge in [0, 0.05) is 158 Å². The van der Waals surface area contributed by atoms with Gasteiger partial charge in [0.25, 0.3) is 0 Å². The van der Waals surface area contributed by atoms with Crippen LogP contribution in [0.4, 0.5) is 0 Å². The highest BCUT2D eigenvalue weighted by Gasteiger charge is 2.39. The second kappa shape index (κ2) is 24.7. The van der Waals surface area contributed by atoms with Crippen molar-refractivity contribution >= 4 is 110 Å². The van der Waals surface area contributed by atoms with E-state index in [9.17, 15) is 0 Å². The van der Waals surface area contributed by atoms with E-state index in [1.54, 1.807) is 0 Å². The predicted octanol–water partition coefficient (Wildman–Crippen LogP) is 22.3. The van der Waals surface area contributed by atoms with Crippen LogP contribution in [0.1, 0.15) is 89.5 Å². The molecule has 24 aromatic rings. The fourth-order valence-corrected chi connectivity index (χ4v) is 22.7. The third kappa shape index (κ3) is 8.98. The highest BCUT2D eigenvalue weighted by Crippen LogP contribution is 2.54. The molecule has 8 aliphatic rings. The molecule has 16 nitrogen and oxygen atoms in total. The third-order valence-corrected chi connectivity index (χ3v) is 27.9. The van der Waals surface area contributed by atoms with Crippen LogP contribution in [0.15, 0.2) is 292 Å². The summed E-state index contributed by atoms with van der Waals surface area (Å²) in [6.45, 7) is 0. The van der Waals surface area contributed by atoms with Gasteiger partial charge in [0.15, 0.2) is 5.65 Å². The molecule has 0 amide bonds. The Morgan fingerprint density at radius 1 is 0.185 bits per heavy atom. The summed E-state index contributed by atoms with van der Waals surface area (Å²) in [5, 5.41) is 11.1. The molecule has 0 unspecified atom stereocenters. The van der Waals surface area contributed by atoms with Crippen LogP contribution in [0.3, 0.4) is 0 Å². The zero-order valence-electron chi connectivity index (χ0n) is 66.5. The number of rotatable bonds is 0. The number of fused-ring (bicyclic) bond motifs is 56. The Morgan fingerprint density at radius 3 is 0.911 bits per heavy atom. The molecule has 0 aliphatic heterocycles. The van der Waals surface area contributed by atoms with E-state index >= 15 is 0 Å². The van der Waals surface area contributed by atoms with Crippen molar-refractivity contribution < 1.29 is 0 Å². The lowest BCUT2D eigenvalue weighted by Crippen LogP contribution is -1.98. The molecule has 0 atom stereocenters. The van der Waals surface area contributed by atoms with E-state index in [1.807, 2.05) is 98.4 Å². The van der Waals surface area contributed by atoms with Gasteiger partial charge in [-0.05, 0) is 221 Å². The summed E-state index contributed by atoms with van der Waals surface area (Å²) in [6.07, 6.45) is 26.2. The fourth-order valence-electron chi connectivity index (χ4n) is 22.7. The van der Waals surface area contributed by atoms with Gasteiger partial charge in [0.1, 0.15) is 45.0 Å². The molecule has 0 radical (unpaired) electrons. The molecule has 0 bridgehead atoms. The summed E-state index contributed by atoms with van der Waals surface area (Å²) in [4.78, 5) is 58.2. The number of nitrogens with zero attached hydrogens (tertiary/aromatic N) is 16. The largest absolute Gasteiger partial charge is 0.279 e. The van der Waals surface area contributed by atoms with Gasteiger partial charge in [-0.15, -0.1) is 0 Å². The first kappa shape index (κ1) is 66.7. The lowest BCUT2D eigenvalue weighted by molar-refractivity contribution is 1.07. The minimum absolute atomic E-state index is 0.874. The second-order valence-electron chi connectivity index (χ2n) is 34.0. The predicted molar refractivity (Wildman–Crippen MR) is 489 cm³/mol. The molecule has 0 spiro atoms. The van der Waals surface area contributed by atoms with Gasteiger partial charge >= 0.3 is 0 Å². The molecule has 16 aromatic heterocycles. The summed E-state index contributed by atoms with van der Waals surface area (Å²) < 4.78 is 9.06. The smallest absolute Gasteiger partial charge is 0.166 e. The maximum Gasteiger partial charge on any atom is 0.166 e. The van der Waals surface area contributed by atoms with Crippen molar-refractivity contribution in [3.63, 3.8) is 0 Å². The molecule has 8 aliphatic carbocycles. The Bertz CT molecular complexity index is 8010. The topological polar surface area (TPSA) is 172 Å². The Kier molecular flexibility index (Phi) is 13.3. The molecule has 576 valence electrons. The molecule has 16 heteroatoms. The van der Waals surface area contributed by atoms with Crippen molar-refractivity contribution in [1.29, 1.82) is 0 Å². The summed E-state index contributed by atoms with van der Waals surface area (Å²) in [6, 6.07) is 82.3. The van der Waals surface area contributed by atoms with E-state index in [1.165, 1.54) is 156 Å². The van der Waals surface area contributed by atoms with E-state index in [0.29, 0.717) is 0 Å². The maximum absolute atomic E-state index is 5.25. The molecule has 16 heterocycles. The zero-order chi connectivity index (χ0) is 80.4. The third-order valence-electron chi connectivity index (χ3n) is 27.9. The summed E-state index contributed by atoms with van der Waals surface area (Å²) in [5.41, 5.74) is 51.9. The van der Waals surface area contributed by atoms with Gasteiger partial charge in [-0.3, -0.25) is 37.5 Å². The average Bonchev–Trinajstić information content (AvgIpc) is 1.55. The number of hydrogen-bond donors (Lipinski definition) is 0. The van der Waals surface area contributed by atoms with Crippen LogP contribution < -0.4 is 0 Å². The number of pyridine rings is 12. The Labute approximate surface area is 706 Å². The van der Waals surface area contributed by atoms with Crippen molar-refractivity contribution in [1.82, 2.24) is 77.4 Å². The Morgan fingerprint density at radius 2 is 0.484 bits per heavy atom. The SMILES string of the molecule is c1ccc2c(c1)Cc1c-2ccc2c1-c1nc3c4cccnc4c4cccnc4n3c1C2.c1ccc2c(c1)Cc1c-2ccc2c1-c1nc3c4ccncc4c4cccnc4n3c1C2.c1ccc2c(c1)Cc1c-2ccc2c1-c1nc3c4cnccc4c4cccnc4n3c1C2.c1ccc2c(c1)Cc1c-2ccc2c1-c1nc3c4ncccc4c4cccnc4n3c1C2. The molecular formula is C108H64N16. The summed E-state index contributed by atoms with van der Waals surface area (Å²) in [5.74, 6) is 0. The first-order valence-electron chi connectivity index (χ1n) is 42.6. The zero-order valence-corrected chi connectivity index (χ0v) is 66.5. The Balaban J connectivity index is 0.0000000828. The van der Waals surface area contributed by atoms with Gasteiger partial charge in [-0.25, -0.2) is 39.9 Å². The molecule has 8 aromatic carbocycles. The average molecular weight is 1590 g/mol. The highest BCUT2D eigenvalue weighted by atomic mass is 15.1. The minimum atomic E-state index is 0.874. The number of benzene rings is 8. The van der Waals surface area contributed by atoms with Gasteiger partial charge < -0.3 is 0 Å². The number of aromatic nitrogens is 16. The van der Waals surface area contributed by atoms with Crippen molar-refractivity contribution in [2.45, 2.75) is 51.4 Å². The van der Waals surface area contributed by atoms with Gasteiger partial charge in [0.2, 0.25) is 0 Å². The van der Waals surface area contributed by atoms with Crippen LogP contribution in [-0.4, -0.2) is 77.4 Å². The van der Waals surface area contributed by atoms with Gasteiger partial charge in [-0.1, -0.05) is 152 Å². The molecule has 32 rings (SSSR count). The van der Waals surface area contributed by atoms with Crippen LogP contribution in [0.25, 0.3) is 200 Å². The fraction of sp³-hybridized carbons (Fsp3) is 0.0741. The van der Waals surface area contributed by atoms with Crippen LogP contribution >= 0.6 is 0 Å². The van der Waals surface area contributed by atoms with E-state index < -0.39 is 0 Å². The maximum atomic E-state index is 5.25. The van der Waals surface area contributed by atoms with Crippen molar-refractivity contribution in [2.75, 3.05) is 0 Å². The van der Waals surface area contributed by atoms with Crippen LogP contribution in [0.5, 0.6) is 0 Å². The van der Waals surface area contributed by atoms with Gasteiger partial charge in [-0.2, -0.15) is 0 Å². The summed E-state index contributed by atoms with van der Waals surface area (Å²) >= 11 is 0. The van der Waals surface area contributed by atoms with Crippen LogP contribution in [-0.2, 0) is 51.4 Å². The normalized spacial score (nSPS) is 13.5. The first-order chi connectivity index (χ1) is 61.5.